The van der Waals surface area contributed by atoms with Gasteiger partial charge in [-0.25, -0.2) is 4.79 Å². The van der Waals surface area contributed by atoms with Gasteiger partial charge in [0.15, 0.2) is 0 Å². The van der Waals surface area contributed by atoms with Crippen LogP contribution in [0.2, 0.25) is 0 Å². The Kier molecular flexibility index (Phi) is 3.23. The lowest BCUT2D eigenvalue weighted by atomic mass is 10.4. The van der Waals surface area contributed by atoms with Crippen molar-refractivity contribution in [2.24, 2.45) is 0 Å². The average Bonchev–Trinajstić information content (AvgIpc) is 1.64. The minimum absolute atomic E-state index is 0.535. The smallest absolute Gasteiger partial charge is 0.253 e. The third-order valence-corrected chi connectivity index (χ3v) is 1.03. The molecule has 0 aliphatic heterocycles. The molecule has 0 N–H and O–H groups in total. The van der Waals surface area contributed by atoms with Crippen LogP contribution in [0.3, 0.4) is 0 Å². The summed E-state index contributed by atoms with van der Waals surface area (Å²) in [6.07, 6.45) is 0.535. The summed E-state index contributed by atoms with van der Waals surface area (Å²) in [6, 6.07) is 0. The SMILES string of the molecule is O=C=CC(=O)C(Cl)(Cl)Cl. The van der Waals surface area contributed by atoms with E-state index < -0.39 is 9.58 Å². The molecule has 0 amide bonds. The number of rotatable bonds is 1. The summed E-state index contributed by atoms with van der Waals surface area (Å²) in [5.74, 6) is 0.310. The zero-order valence-corrected chi connectivity index (χ0v) is 6.30. The van der Waals surface area contributed by atoms with Crippen LogP contribution >= 0.6 is 34.8 Å². The average molecular weight is 187 g/mol. The van der Waals surface area contributed by atoms with E-state index in [2.05, 4.69) is 0 Å². The van der Waals surface area contributed by atoms with Gasteiger partial charge in [0, 0.05) is 0 Å². The van der Waals surface area contributed by atoms with Gasteiger partial charge in [0.1, 0.15) is 5.94 Å². The molecule has 0 spiro atoms. The number of carbonyl (C=O) groups is 1. The molecule has 0 heterocycles. The van der Waals surface area contributed by atoms with Crippen molar-refractivity contribution < 1.29 is 9.59 Å². The van der Waals surface area contributed by atoms with Crippen LogP contribution in [-0.2, 0) is 9.59 Å². The Labute approximate surface area is 66.4 Å². The number of hydrogen-bond acceptors (Lipinski definition) is 2. The minimum atomic E-state index is -2.03. The Bertz CT molecular complexity index is 163. The van der Waals surface area contributed by atoms with E-state index in [1.54, 1.807) is 0 Å². The van der Waals surface area contributed by atoms with Crippen LogP contribution in [0.4, 0.5) is 0 Å². The van der Waals surface area contributed by atoms with Gasteiger partial charge in [-0.15, -0.1) is 0 Å². The molecule has 0 aliphatic carbocycles. The topological polar surface area (TPSA) is 34.1 Å². The lowest BCUT2D eigenvalue weighted by Crippen LogP contribution is -2.15. The van der Waals surface area contributed by atoms with E-state index in [0.29, 0.717) is 6.08 Å². The molecule has 0 aromatic carbocycles. The molecule has 0 aliphatic rings. The second kappa shape index (κ2) is 3.23. The quantitative estimate of drug-likeness (QED) is 0.352. The normalized spacial score (nSPS) is 10.1. The van der Waals surface area contributed by atoms with Gasteiger partial charge in [0.25, 0.3) is 3.79 Å². The fourth-order valence-corrected chi connectivity index (χ4v) is 0.299. The highest BCUT2D eigenvalue weighted by Gasteiger charge is 2.28. The molecule has 0 radical (unpaired) electrons. The number of halogens is 3. The highest BCUT2D eigenvalue weighted by atomic mass is 35.6. The minimum Gasteiger partial charge on any atom is -0.289 e. The van der Waals surface area contributed by atoms with Gasteiger partial charge in [0.05, 0.1) is 6.08 Å². The first-order valence-electron chi connectivity index (χ1n) is 1.80. The summed E-state index contributed by atoms with van der Waals surface area (Å²) >= 11 is 15.1. The first-order chi connectivity index (χ1) is 3.98. The standard InChI is InChI=1S/C4HCl3O2/c5-4(6,7)3(9)1-2-8/h1H. The third-order valence-electron chi connectivity index (χ3n) is 0.469. The molecule has 0 aromatic rings. The summed E-state index contributed by atoms with van der Waals surface area (Å²) in [5.41, 5.74) is 0. The number of carbonyl (C=O) groups excluding carboxylic acids is 2. The van der Waals surface area contributed by atoms with Crippen molar-refractivity contribution in [3.8, 4) is 0 Å². The molecule has 0 fully saturated rings. The Balaban J connectivity index is 4.22. The largest absolute Gasteiger partial charge is 0.289 e. The number of alkyl halides is 3. The van der Waals surface area contributed by atoms with Gasteiger partial charge in [-0.05, 0) is 0 Å². The maximum absolute atomic E-state index is 10.4. The number of hydrogen-bond donors (Lipinski definition) is 0. The first kappa shape index (κ1) is 8.99. The van der Waals surface area contributed by atoms with Crippen LogP contribution in [0.5, 0.6) is 0 Å². The van der Waals surface area contributed by atoms with Gasteiger partial charge in [-0.2, -0.15) is 0 Å². The monoisotopic (exact) mass is 186 g/mol. The summed E-state index contributed by atoms with van der Waals surface area (Å²) < 4.78 is -2.03. The van der Waals surface area contributed by atoms with Crippen LogP contribution < -0.4 is 0 Å². The zero-order valence-electron chi connectivity index (χ0n) is 4.03. The molecule has 50 valence electrons. The molecule has 0 bridgehead atoms. The molecule has 0 rings (SSSR count). The predicted octanol–water partition coefficient (Wildman–Crippen LogP) is 1.31. The summed E-state index contributed by atoms with van der Waals surface area (Å²) in [6.45, 7) is 0. The van der Waals surface area contributed by atoms with E-state index in [4.69, 9.17) is 34.8 Å². The van der Waals surface area contributed by atoms with Crippen LogP contribution in [-0.4, -0.2) is 15.5 Å². The molecule has 0 unspecified atom stereocenters. The molecule has 0 aromatic heterocycles. The maximum atomic E-state index is 10.4. The molecule has 0 saturated heterocycles. The summed E-state index contributed by atoms with van der Waals surface area (Å²) in [7, 11) is 0. The second-order valence-electron chi connectivity index (χ2n) is 1.12. The number of ketones is 1. The van der Waals surface area contributed by atoms with Crippen LogP contribution in [0.1, 0.15) is 0 Å². The van der Waals surface area contributed by atoms with Crippen LogP contribution in [0.25, 0.3) is 0 Å². The van der Waals surface area contributed by atoms with E-state index in [0.717, 1.165) is 0 Å². The molecular weight excluding hydrogens is 186 g/mol. The first-order valence-corrected chi connectivity index (χ1v) is 2.94. The lowest BCUT2D eigenvalue weighted by molar-refractivity contribution is -0.113. The second-order valence-corrected chi connectivity index (χ2v) is 3.41. The summed E-state index contributed by atoms with van der Waals surface area (Å²) in [4.78, 5) is 19.8. The van der Waals surface area contributed by atoms with Gasteiger partial charge >= 0.3 is 0 Å². The molecular formula is C4HCl3O2. The molecule has 5 heteroatoms. The lowest BCUT2D eigenvalue weighted by Gasteiger charge is -2.01. The van der Waals surface area contributed by atoms with Crippen molar-refractivity contribution in [3.05, 3.63) is 6.08 Å². The van der Waals surface area contributed by atoms with Crippen molar-refractivity contribution in [1.29, 1.82) is 0 Å². The maximum Gasteiger partial charge on any atom is 0.253 e. The van der Waals surface area contributed by atoms with Gasteiger partial charge in [0.2, 0.25) is 5.78 Å². The van der Waals surface area contributed by atoms with Crippen molar-refractivity contribution in [1.82, 2.24) is 0 Å². The fourth-order valence-electron chi connectivity index (χ4n) is 0.135. The number of allylic oxidation sites excluding steroid dienone is 1. The van der Waals surface area contributed by atoms with E-state index in [-0.39, 0.29) is 0 Å². The Hall–Kier alpha value is -0.0100. The van der Waals surface area contributed by atoms with Gasteiger partial charge < -0.3 is 0 Å². The highest BCUT2D eigenvalue weighted by Crippen LogP contribution is 2.26. The molecule has 0 atom stereocenters. The van der Waals surface area contributed by atoms with E-state index in [1.165, 1.54) is 5.94 Å². The van der Waals surface area contributed by atoms with E-state index >= 15 is 0 Å². The predicted molar refractivity (Wildman–Crippen MR) is 35.6 cm³/mol. The Morgan fingerprint density at radius 3 is 2.00 bits per heavy atom. The van der Waals surface area contributed by atoms with Gasteiger partial charge in [-0.1, -0.05) is 34.8 Å². The van der Waals surface area contributed by atoms with Crippen molar-refractivity contribution in [2.75, 3.05) is 0 Å². The van der Waals surface area contributed by atoms with E-state index in [1.807, 2.05) is 0 Å². The van der Waals surface area contributed by atoms with Crippen molar-refractivity contribution in [3.63, 3.8) is 0 Å². The third kappa shape index (κ3) is 3.55. The molecule has 9 heavy (non-hydrogen) atoms. The summed E-state index contributed by atoms with van der Waals surface area (Å²) in [5, 5.41) is 0. The van der Waals surface area contributed by atoms with Crippen LogP contribution in [0, 0.1) is 0 Å². The molecule has 0 saturated carbocycles. The van der Waals surface area contributed by atoms with Crippen LogP contribution in [0.15, 0.2) is 6.08 Å². The van der Waals surface area contributed by atoms with Gasteiger partial charge in [-0.3, -0.25) is 4.79 Å². The molecule has 2 nitrogen and oxygen atoms in total. The Morgan fingerprint density at radius 2 is 1.89 bits per heavy atom. The Morgan fingerprint density at radius 1 is 1.44 bits per heavy atom. The van der Waals surface area contributed by atoms with Crippen molar-refractivity contribution in [2.45, 2.75) is 3.79 Å². The zero-order chi connectivity index (χ0) is 7.49. The highest BCUT2D eigenvalue weighted by molar-refractivity contribution is 6.77. The fraction of sp³-hybridized carbons (Fsp3) is 0.250. The van der Waals surface area contributed by atoms with Crippen molar-refractivity contribution >= 4 is 46.5 Å². The van der Waals surface area contributed by atoms with E-state index in [9.17, 15) is 9.59 Å².